The molecule has 0 bridgehead atoms. The van der Waals surface area contributed by atoms with Crippen molar-refractivity contribution in [3.63, 3.8) is 0 Å². The molecular formula is C20H24N2O7S. The number of nitrogens with two attached hydrogens (primary N) is 1. The molecule has 2 rings (SSSR count). The summed E-state index contributed by atoms with van der Waals surface area (Å²) in [6, 6.07) is 2.87. The van der Waals surface area contributed by atoms with Crippen molar-refractivity contribution in [1.29, 1.82) is 0 Å². The third-order valence-electron chi connectivity index (χ3n) is 4.17. The Labute approximate surface area is 178 Å². The fourth-order valence-electron chi connectivity index (χ4n) is 2.64. The highest BCUT2D eigenvalue weighted by atomic mass is 32.1. The van der Waals surface area contributed by atoms with Gasteiger partial charge in [-0.2, -0.15) is 0 Å². The summed E-state index contributed by atoms with van der Waals surface area (Å²) in [5, 5.41) is 3.14. The Morgan fingerprint density at radius 2 is 1.70 bits per heavy atom. The number of ether oxygens (including phenoxy) is 4. The van der Waals surface area contributed by atoms with Crippen molar-refractivity contribution in [3.05, 3.63) is 33.7 Å². The van der Waals surface area contributed by atoms with E-state index in [9.17, 15) is 14.4 Å². The maximum Gasteiger partial charge on any atom is 0.341 e. The van der Waals surface area contributed by atoms with E-state index in [1.807, 2.05) is 6.92 Å². The van der Waals surface area contributed by atoms with Gasteiger partial charge in [0, 0.05) is 10.4 Å². The number of amides is 2. The molecular weight excluding hydrogens is 412 g/mol. The number of hydrogen-bond donors (Lipinski definition) is 2. The summed E-state index contributed by atoms with van der Waals surface area (Å²) in [4.78, 5) is 37.1. The summed E-state index contributed by atoms with van der Waals surface area (Å²) in [5.74, 6) is -1.14. The lowest BCUT2D eigenvalue weighted by atomic mass is 10.1. The molecule has 30 heavy (non-hydrogen) atoms. The van der Waals surface area contributed by atoms with Gasteiger partial charge in [0.25, 0.3) is 11.8 Å². The number of carbonyl (C=O) groups is 3. The van der Waals surface area contributed by atoms with E-state index < -0.39 is 17.8 Å². The molecule has 0 spiro atoms. The van der Waals surface area contributed by atoms with Crippen molar-refractivity contribution in [3.8, 4) is 17.2 Å². The highest BCUT2D eigenvalue weighted by Crippen LogP contribution is 2.39. The number of carbonyl (C=O) groups excluding carboxylic acids is 3. The molecule has 0 atom stereocenters. The Morgan fingerprint density at radius 3 is 2.20 bits per heavy atom. The summed E-state index contributed by atoms with van der Waals surface area (Å²) in [7, 11) is 2.77. The van der Waals surface area contributed by atoms with Gasteiger partial charge in [0.05, 0.1) is 26.4 Å². The van der Waals surface area contributed by atoms with Gasteiger partial charge in [-0.05, 0) is 38.5 Å². The number of methoxy groups -OCH3 is 2. The number of benzene rings is 1. The molecule has 0 unspecified atom stereocenters. The Balaban J connectivity index is 2.39. The summed E-state index contributed by atoms with van der Waals surface area (Å²) >= 11 is 1.28. The van der Waals surface area contributed by atoms with Crippen LogP contribution in [0.2, 0.25) is 0 Å². The molecule has 0 aliphatic carbocycles. The zero-order valence-electron chi connectivity index (χ0n) is 17.4. The summed E-state index contributed by atoms with van der Waals surface area (Å²) in [6.45, 7) is 5.21. The van der Waals surface area contributed by atoms with E-state index in [-0.39, 0.29) is 36.0 Å². The molecule has 1 heterocycles. The predicted octanol–water partition coefficient (Wildman–Crippen LogP) is 2.68. The van der Waals surface area contributed by atoms with E-state index in [2.05, 4.69) is 5.32 Å². The van der Waals surface area contributed by atoms with Crippen molar-refractivity contribution in [2.45, 2.75) is 20.8 Å². The molecule has 162 valence electrons. The second-order valence-corrected chi connectivity index (χ2v) is 7.35. The largest absolute Gasteiger partial charge is 0.493 e. The van der Waals surface area contributed by atoms with Gasteiger partial charge in [-0.25, -0.2) is 4.79 Å². The topological polar surface area (TPSA) is 126 Å². The minimum absolute atomic E-state index is 0.144. The maximum atomic E-state index is 12.9. The van der Waals surface area contributed by atoms with E-state index in [0.29, 0.717) is 10.6 Å². The molecule has 0 aliphatic heterocycles. The number of rotatable bonds is 9. The summed E-state index contributed by atoms with van der Waals surface area (Å²) < 4.78 is 21.0. The lowest BCUT2D eigenvalue weighted by Crippen LogP contribution is -2.20. The third kappa shape index (κ3) is 5.01. The monoisotopic (exact) mass is 436 g/mol. The Morgan fingerprint density at radius 1 is 1.10 bits per heavy atom. The lowest BCUT2D eigenvalue weighted by molar-refractivity contribution is -0.120. The predicted molar refractivity (Wildman–Crippen MR) is 112 cm³/mol. The molecule has 0 saturated heterocycles. The Kier molecular flexibility index (Phi) is 7.65. The average molecular weight is 436 g/mol. The number of esters is 1. The molecule has 0 aliphatic rings. The minimum Gasteiger partial charge on any atom is -0.493 e. The first-order chi connectivity index (χ1) is 14.2. The van der Waals surface area contributed by atoms with Crippen molar-refractivity contribution in [2.75, 3.05) is 32.8 Å². The third-order valence-corrected chi connectivity index (χ3v) is 5.30. The Hall–Kier alpha value is -3.27. The van der Waals surface area contributed by atoms with Crippen LogP contribution in [0.3, 0.4) is 0 Å². The highest BCUT2D eigenvalue weighted by Gasteiger charge is 2.24. The number of hydrogen-bond acceptors (Lipinski definition) is 8. The number of anilines is 1. The number of primary amides is 1. The van der Waals surface area contributed by atoms with E-state index in [4.69, 9.17) is 24.7 Å². The van der Waals surface area contributed by atoms with Crippen LogP contribution in [-0.4, -0.2) is 45.2 Å². The molecule has 1 aromatic heterocycles. The van der Waals surface area contributed by atoms with Crippen LogP contribution < -0.4 is 25.3 Å². The number of thiophene rings is 1. The zero-order chi connectivity index (χ0) is 22.4. The van der Waals surface area contributed by atoms with E-state index in [0.717, 1.165) is 10.4 Å². The van der Waals surface area contributed by atoms with Crippen LogP contribution >= 0.6 is 11.3 Å². The first-order valence-electron chi connectivity index (χ1n) is 8.99. The van der Waals surface area contributed by atoms with Crippen molar-refractivity contribution < 1.29 is 33.3 Å². The van der Waals surface area contributed by atoms with Gasteiger partial charge in [0.15, 0.2) is 18.1 Å². The van der Waals surface area contributed by atoms with Gasteiger partial charge >= 0.3 is 5.97 Å². The summed E-state index contributed by atoms with van der Waals surface area (Å²) in [5.41, 5.74) is 6.39. The highest BCUT2D eigenvalue weighted by molar-refractivity contribution is 7.16. The minimum atomic E-state index is -0.671. The van der Waals surface area contributed by atoms with E-state index in [1.165, 1.54) is 37.7 Å². The summed E-state index contributed by atoms with van der Waals surface area (Å²) in [6.07, 6.45) is 0. The van der Waals surface area contributed by atoms with Gasteiger partial charge in [-0.1, -0.05) is 0 Å². The molecule has 2 aromatic rings. The second-order valence-electron chi connectivity index (χ2n) is 6.13. The normalized spacial score (nSPS) is 10.3. The van der Waals surface area contributed by atoms with E-state index >= 15 is 0 Å². The molecule has 0 saturated carbocycles. The fraction of sp³-hybridized carbons (Fsp3) is 0.350. The van der Waals surface area contributed by atoms with Gasteiger partial charge < -0.3 is 30.0 Å². The van der Waals surface area contributed by atoms with Crippen LogP contribution in [0.25, 0.3) is 0 Å². The average Bonchev–Trinajstić information content (AvgIpc) is 2.98. The number of nitrogens with one attached hydrogen (secondary N) is 1. The molecule has 0 radical (unpaired) electrons. The molecule has 3 N–H and O–H groups in total. The van der Waals surface area contributed by atoms with Crippen LogP contribution in [0.1, 0.15) is 38.1 Å². The van der Waals surface area contributed by atoms with Gasteiger partial charge in [0.2, 0.25) is 5.75 Å². The van der Waals surface area contributed by atoms with Crippen LogP contribution in [0.15, 0.2) is 12.1 Å². The standard InChI is InChI=1S/C20H24N2O7S/c1-6-28-20(25)16-10(2)11(3)30-19(16)22-18(24)12-7-13(26-4)17(14(8-12)27-5)29-9-15(21)23/h7-8H,6,9H2,1-5H3,(H2,21,23)(H,22,24). The maximum absolute atomic E-state index is 12.9. The van der Waals surface area contributed by atoms with E-state index in [1.54, 1.807) is 13.8 Å². The smallest absolute Gasteiger partial charge is 0.341 e. The van der Waals surface area contributed by atoms with Crippen molar-refractivity contribution in [2.24, 2.45) is 5.73 Å². The number of aryl methyl sites for hydroxylation is 1. The molecule has 1 aromatic carbocycles. The zero-order valence-corrected chi connectivity index (χ0v) is 18.2. The van der Waals surface area contributed by atoms with Crippen LogP contribution in [0.4, 0.5) is 5.00 Å². The molecule has 9 nitrogen and oxygen atoms in total. The van der Waals surface area contributed by atoms with Crippen molar-refractivity contribution >= 4 is 34.1 Å². The SMILES string of the molecule is CCOC(=O)c1c(NC(=O)c2cc(OC)c(OCC(N)=O)c(OC)c2)sc(C)c1C. The molecule has 2 amide bonds. The van der Waals surface area contributed by atoms with Gasteiger partial charge in [-0.3, -0.25) is 9.59 Å². The molecule has 0 fully saturated rings. The first-order valence-corrected chi connectivity index (χ1v) is 9.80. The molecule has 10 heteroatoms. The van der Waals surface area contributed by atoms with Crippen molar-refractivity contribution in [1.82, 2.24) is 0 Å². The Bertz CT molecular complexity index is 943. The fourth-order valence-corrected chi connectivity index (χ4v) is 3.68. The van der Waals surface area contributed by atoms with Crippen LogP contribution in [0.5, 0.6) is 17.2 Å². The quantitative estimate of drug-likeness (QED) is 0.579. The first kappa shape index (κ1) is 23.0. The second kappa shape index (κ2) is 9.97. The van der Waals surface area contributed by atoms with Crippen LogP contribution in [0, 0.1) is 13.8 Å². The van der Waals surface area contributed by atoms with Crippen LogP contribution in [-0.2, 0) is 9.53 Å². The van der Waals surface area contributed by atoms with Gasteiger partial charge in [0.1, 0.15) is 5.00 Å². The van der Waals surface area contributed by atoms with Gasteiger partial charge in [-0.15, -0.1) is 11.3 Å². The lowest BCUT2D eigenvalue weighted by Gasteiger charge is -2.15.